The summed E-state index contributed by atoms with van der Waals surface area (Å²) >= 11 is 3.23. The van der Waals surface area contributed by atoms with Crippen molar-refractivity contribution in [3.8, 4) is 11.6 Å². The van der Waals surface area contributed by atoms with E-state index in [-0.39, 0.29) is 23.9 Å². The first kappa shape index (κ1) is 19.0. The predicted octanol–water partition coefficient (Wildman–Crippen LogP) is 3.99. The molecule has 3 rings (SSSR count). The Morgan fingerprint density at radius 3 is 2.89 bits per heavy atom. The van der Waals surface area contributed by atoms with E-state index in [9.17, 15) is 9.18 Å². The van der Waals surface area contributed by atoms with Gasteiger partial charge < -0.3 is 14.2 Å². The van der Waals surface area contributed by atoms with Crippen LogP contribution in [0.25, 0.3) is 0 Å². The summed E-state index contributed by atoms with van der Waals surface area (Å²) < 4.78 is 24.5. The van der Waals surface area contributed by atoms with Crippen molar-refractivity contribution in [1.82, 2.24) is 20.0 Å². The molecule has 2 heterocycles. The standard InChI is InChI=1S/C18H16BrFN4O3/c1-3-15-22-16(27-23-15)10-24(2)18(25)12-5-4-8-21-17(12)26-14-7-6-11(20)9-13(14)19/h4-9H,3,10H2,1-2H3. The van der Waals surface area contributed by atoms with Gasteiger partial charge in [-0.1, -0.05) is 12.1 Å². The van der Waals surface area contributed by atoms with Crippen molar-refractivity contribution in [2.75, 3.05) is 7.05 Å². The molecule has 0 bridgehead atoms. The lowest BCUT2D eigenvalue weighted by atomic mass is 10.2. The molecule has 1 amide bonds. The van der Waals surface area contributed by atoms with Crippen molar-refractivity contribution in [3.63, 3.8) is 0 Å². The summed E-state index contributed by atoms with van der Waals surface area (Å²) in [5.74, 6) is 0.648. The average Bonchev–Trinajstić information content (AvgIpc) is 3.11. The number of benzene rings is 1. The minimum absolute atomic E-state index is 0.112. The van der Waals surface area contributed by atoms with Crippen LogP contribution >= 0.6 is 15.9 Å². The molecule has 0 spiro atoms. The topological polar surface area (TPSA) is 81.4 Å². The molecule has 2 aromatic heterocycles. The molecule has 27 heavy (non-hydrogen) atoms. The lowest BCUT2D eigenvalue weighted by Gasteiger charge is -2.17. The molecule has 140 valence electrons. The highest BCUT2D eigenvalue weighted by Crippen LogP contribution is 2.31. The minimum atomic E-state index is -0.405. The zero-order valence-corrected chi connectivity index (χ0v) is 16.2. The van der Waals surface area contributed by atoms with Crippen LogP contribution in [-0.4, -0.2) is 33.0 Å². The third kappa shape index (κ3) is 4.48. The first-order valence-corrected chi connectivity index (χ1v) is 8.92. The van der Waals surface area contributed by atoms with Crippen LogP contribution in [0.3, 0.4) is 0 Å². The Labute approximate surface area is 163 Å². The lowest BCUT2D eigenvalue weighted by Crippen LogP contribution is -2.27. The largest absolute Gasteiger partial charge is 0.437 e. The van der Waals surface area contributed by atoms with Gasteiger partial charge in [0.15, 0.2) is 5.82 Å². The number of nitrogens with zero attached hydrogens (tertiary/aromatic N) is 4. The highest BCUT2D eigenvalue weighted by atomic mass is 79.9. The third-order valence-electron chi connectivity index (χ3n) is 3.65. The SMILES string of the molecule is CCc1noc(CN(C)C(=O)c2cccnc2Oc2ccc(F)cc2Br)n1. The Balaban J connectivity index is 1.80. The van der Waals surface area contributed by atoms with E-state index in [1.807, 2.05) is 6.92 Å². The molecule has 0 fully saturated rings. The van der Waals surface area contributed by atoms with Gasteiger partial charge in [0.1, 0.15) is 17.1 Å². The van der Waals surface area contributed by atoms with E-state index in [1.165, 1.54) is 29.3 Å². The summed E-state index contributed by atoms with van der Waals surface area (Å²) in [4.78, 5) is 22.6. The maximum atomic E-state index is 13.3. The molecule has 1 aromatic carbocycles. The zero-order chi connectivity index (χ0) is 19.4. The van der Waals surface area contributed by atoms with E-state index in [4.69, 9.17) is 9.26 Å². The number of pyridine rings is 1. The molecule has 0 aliphatic heterocycles. The molecule has 0 atom stereocenters. The van der Waals surface area contributed by atoms with Gasteiger partial charge in [0.2, 0.25) is 11.8 Å². The zero-order valence-electron chi connectivity index (χ0n) is 14.6. The molecule has 0 aliphatic carbocycles. The first-order chi connectivity index (χ1) is 13.0. The summed E-state index contributed by atoms with van der Waals surface area (Å²) in [6, 6.07) is 7.22. The van der Waals surface area contributed by atoms with Crippen molar-refractivity contribution in [1.29, 1.82) is 0 Å². The first-order valence-electron chi connectivity index (χ1n) is 8.12. The average molecular weight is 435 g/mol. The summed E-state index contributed by atoms with van der Waals surface area (Å²) in [5, 5.41) is 3.81. The maximum Gasteiger partial charge on any atom is 0.259 e. The second-order valence-corrected chi connectivity index (χ2v) is 6.51. The third-order valence-corrected chi connectivity index (χ3v) is 4.27. The van der Waals surface area contributed by atoms with Crippen molar-refractivity contribution >= 4 is 21.8 Å². The number of carbonyl (C=O) groups is 1. The van der Waals surface area contributed by atoms with E-state index < -0.39 is 5.82 Å². The Kier molecular flexibility index (Phi) is 5.80. The number of hydrogen-bond acceptors (Lipinski definition) is 6. The van der Waals surface area contributed by atoms with Crippen LogP contribution in [0.15, 0.2) is 45.5 Å². The molecular formula is C18H16BrFN4O3. The molecule has 0 saturated heterocycles. The predicted molar refractivity (Wildman–Crippen MR) is 97.9 cm³/mol. The summed E-state index contributed by atoms with van der Waals surface area (Å²) in [6.07, 6.45) is 2.16. The Hall–Kier alpha value is -2.81. The number of amides is 1. The Morgan fingerprint density at radius 1 is 1.37 bits per heavy atom. The van der Waals surface area contributed by atoms with E-state index in [0.717, 1.165) is 0 Å². The van der Waals surface area contributed by atoms with Crippen LogP contribution in [0.5, 0.6) is 11.6 Å². The number of halogens is 2. The van der Waals surface area contributed by atoms with E-state index in [1.54, 1.807) is 19.2 Å². The highest BCUT2D eigenvalue weighted by molar-refractivity contribution is 9.10. The lowest BCUT2D eigenvalue weighted by molar-refractivity contribution is 0.0766. The number of aryl methyl sites for hydroxylation is 1. The fourth-order valence-corrected chi connectivity index (χ4v) is 2.71. The number of hydrogen-bond donors (Lipinski definition) is 0. The summed E-state index contributed by atoms with van der Waals surface area (Å²) in [6.45, 7) is 2.07. The molecule has 0 radical (unpaired) electrons. The Morgan fingerprint density at radius 2 is 2.19 bits per heavy atom. The highest BCUT2D eigenvalue weighted by Gasteiger charge is 2.21. The summed E-state index contributed by atoms with van der Waals surface area (Å²) in [7, 11) is 1.61. The van der Waals surface area contributed by atoms with Gasteiger partial charge in [-0.15, -0.1) is 0 Å². The van der Waals surface area contributed by atoms with Crippen molar-refractivity contribution < 1.29 is 18.4 Å². The van der Waals surface area contributed by atoms with E-state index >= 15 is 0 Å². The van der Waals surface area contributed by atoms with Gasteiger partial charge in [-0.25, -0.2) is 9.37 Å². The van der Waals surface area contributed by atoms with Crippen LogP contribution in [0.1, 0.15) is 29.0 Å². The fraction of sp³-hybridized carbons (Fsp3) is 0.222. The smallest absolute Gasteiger partial charge is 0.259 e. The molecule has 0 aliphatic rings. The van der Waals surface area contributed by atoms with Crippen LogP contribution in [0.2, 0.25) is 0 Å². The number of aromatic nitrogens is 3. The second-order valence-electron chi connectivity index (χ2n) is 5.65. The van der Waals surface area contributed by atoms with Crippen molar-refractivity contribution in [3.05, 3.63) is 64.1 Å². The van der Waals surface area contributed by atoms with Gasteiger partial charge in [-0.05, 0) is 46.3 Å². The van der Waals surface area contributed by atoms with Gasteiger partial charge in [0.25, 0.3) is 5.91 Å². The minimum Gasteiger partial charge on any atom is -0.437 e. The van der Waals surface area contributed by atoms with Gasteiger partial charge in [-0.2, -0.15) is 4.98 Å². The van der Waals surface area contributed by atoms with Gasteiger partial charge >= 0.3 is 0 Å². The normalized spacial score (nSPS) is 10.7. The van der Waals surface area contributed by atoms with Gasteiger partial charge in [-0.3, -0.25) is 4.79 Å². The number of rotatable bonds is 6. The summed E-state index contributed by atoms with van der Waals surface area (Å²) in [5.41, 5.74) is 0.256. The maximum absolute atomic E-state index is 13.3. The fourth-order valence-electron chi connectivity index (χ4n) is 2.28. The van der Waals surface area contributed by atoms with Crippen LogP contribution in [0, 0.1) is 5.82 Å². The number of carbonyl (C=O) groups excluding carboxylic acids is 1. The Bertz CT molecular complexity index is 963. The second kappa shape index (κ2) is 8.26. The number of ether oxygens (including phenoxy) is 1. The molecular weight excluding hydrogens is 419 g/mol. The van der Waals surface area contributed by atoms with Crippen molar-refractivity contribution in [2.24, 2.45) is 0 Å². The van der Waals surface area contributed by atoms with E-state index in [2.05, 4.69) is 31.1 Å². The molecule has 0 unspecified atom stereocenters. The quantitative estimate of drug-likeness (QED) is 0.583. The molecule has 7 nitrogen and oxygen atoms in total. The molecule has 0 N–H and O–H groups in total. The monoisotopic (exact) mass is 434 g/mol. The molecule has 9 heteroatoms. The molecule has 0 saturated carbocycles. The van der Waals surface area contributed by atoms with Gasteiger partial charge in [0, 0.05) is 19.7 Å². The van der Waals surface area contributed by atoms with Crippen LogP contribution in [-0.2, 0) is 13.0 Å². The van der Waals surface area contributed by atoms with E-state index in [0.29, 0.717) is 28.4 Å². The van der Waals surface area contributed by atoms with Crippen LogP contribution < -0.4 is 4.74 Å². The van der Waals surface area contributed by atoms with Gasteiger partial charge in [0.05, 0.1) is 11.0 Å². The van der Waals surface area contributed by atoms with Crippen molar-refractivity contribution in [2.45, 2.75) is 19.9 Å². The molecule has 3 aromatic rings. The van der Waals surface area contributed by atoms with Crippen LogP contribution in [0.4, 0.5) is 4.39 Å².